The lowest BCUT2D eigenvalue weighted by atomic mass is 10.1. The summed E-state index contributed by atoms with van der Waals surface area (Å²) >= 11 is 5.58. The van der Waals surface area contributed by atoms with Gasteiger partial charge in [0.05, 0.1) is 29.2 Å². The van der Waals surface area contributed by atoms with Gasteiger partial charge in [-0.15, -0.1) is 0 Å². The number of nitrogens with one attached hydrogen (secondary N) is 1. The van der Waals surface area contributed by atoms with E-state index in [1.54, 1.807) is 18.2 Å². The molecule has 0 spiro atoms. The maximum atomic E-state index is 13.2. The Morgan fingerprint density at radius 2 is 1.88 bits per heavy atom. The van der Waals surface area contributed by atoms with Gasteiger partial charge in [0, 0.05) is 29.6 Å². The van der Waals surface area contributed by atoms with Crippen LogP contribution in [0.1, 0.15) is 11.1 Å². The molecule has 0 saturated carbocycles. The molecule has 0 radical (unpaired) electrons. The Labute approximate surface area is 186 Å². The highest BCUT2D eigenvalue weighted by atomic mass is 35.5. The Morgan fingerprint density at radius 3 is 2.50 bits per heavy atom. The fraction of sp³-hybridized carbons (Fsp3) is 0.250. The molecule has 2 aromatic carbocycles. The Kier molecular flexibility index (Phi) is 6.84. The topological polar surface area (TPSA) is 99.7 Å². The number of nitrogens with zero attached hydrogens (tertiary/aromatic N) is 1. The van der Waals surface area contributed by atoms with Crippen LogP contribution in [0.15, 0.2) is 52.2 Å². The van der Waals surface area contributed by atoms with E-state index in [9.17, 15) is 31.5 Å². The third-order valence-electron chi connectivity index (χ3n) is 4.71. The highest BCUT2D eigenvalue weighted by Crippen LogP contribution is 2.36. The first-order valence-electron chi connectivity index (χ1n) is 9.15. The molecular formula is C20H18ClF3N2O5S. The van der Waals surface area contributed by atoms with E-state index in [0.717, 1.165) is 16.4 Å². The molecule has 1 aromatic heterocycles. The maximum absolute atomic E-state index is 13.2. The van der Waals surface area contributed by atoms with E-state index in [1.165, 1.54) is 13.2 Å². The van der Waals surface area contributed by atoms with Gasteiger partial charge in [0.2, 0.25) is 10.0 Å². The predicted molar refractivity (Wildman–Crippen MR) is 112 cm³/mol. The molecule has 0 amide bonds. The number of hydrogen-bond acceptors (Lipinski definition) is 5. The van der Waals surface area contributed by atoms with Gasteiger partial charge in [-0.05, 0) is 42.5 Å². The van der Waals surface area contributed by atoms with Crippen molar-refractivity contribution in [3.63, 3.8) is 0 Å². The normalized spacial score (nSPS) is 12.5. The number of ether oxygens (including phenoxy) is 1. The van der Waals surface area contributed by atoms with E-state index in [-0.39, 0.29) is 5.56 Å². The number of aliphatic hydroxyl groups is 1. The van der Waals surface area contributed by atoms with Crippen molar-refractivity contribution in [2.75, 3.05) is 20.3 Å². The van der Waals surface area contributed by atoms with Crippen molar-refractivity contribution in [3.8, 4) is 5.75 Å². The summed E-state index contributed by atoms with van der Waals surface area (Å²) in [6.07, 6.45) is -4.86. The van der Waals surface area contributed by atoms with Gasteiger partial charge in [0.1, 0.15) is 5.75 Å². The van der Waals surface area contributed by atoms with Crippen molar-refractivity contribution in [1.82, 2.24) is 9.29 Å². The molecule has 0 aliphatic carbocycles. The Morgan fingerprint density at radius 1 is 1.16 bits per heavy atom. The van der Waals surface area contributed by atoms with Crippen LogP contribution in [0.25, 0.3) is 10.9 Å². The van der Waals surface area contributed by atoms with Gasteiger partial charge in [-0.25, -0.2) is 8.42 Å². The second-order valence-electron chi connectivity index (χ2n) is 6.78. The Balaban J connectivity index is 2.05. The Bertz CT molecular complexity index is 1310. The number of pyridine rings is 1. The minimum atomic E-state index is -4.86. The lowest BCUT2D eigenvalue weighted by molar-refractivity contribution is -0.137. The fourth-order valence-electron chi connectivity index (χ4n) is 3.09. The van der Waals surface area contributed by atoms with Crippen LogP contribution in [-0.2, 0) is 22.7 Å². The molecule has 0 saturated heterocycles. The highest BCUT2D eigenvalue weighted by molar-refractivity contribution is 7.89. The third-order valence-corrected chi connectivity index (χ3v) is 6.88. The summed E-state index contributed by atoms with van der Waals surface area (Å²) < 4.78 is 71.6. The Hall–Kier alpha value is -2.60. The van der Waals surface area contributed by atoms with Crippen LogP contribution in [0.5, 0.6) is 5.75 Å². The van der Waals surface area contributed by atoms with Crippen molar-refractivity contribution in [2.45, 2.75) is 17.6 Å². The summed E-state index contributed by atoms with van der Waals surface area (Å²) in [5, 5.41) is 9.27. The quantitative estimate of drug-likeness (QED) is 0.529. The summed E-state index contributed by atoms with van der Waals surface area (Å²) in [5.74, 6) is 0.510. The van der Waals surface area contributed by atoms with Gasteiger partial charge in [-0.2, -0.15) is 17.5 Å². The van der Waals surface area contributed by atoms with Crippen LogP contribution in [0.4, 0.5) is 13.2 Å². The molecule has 3 rings (SSSR count). The van der Waals surface area contributed by atoms with E-state index >= 15 is 0 Å². The summed E-state index contributed by atoms with van der Waals surface area (Å²) in [6, 6.07) is 8.55. The number of sulfonamides is 1. The largest absolute Gasteiger partial charge is 0.497 e. The second kappa shape index (κ2) is 9.10. The van der Waals surface area contributed by atoms with E-state index in [0.29, 0.717) is 22.7 Å². The minimum absolute atomic E-state index is 0.0350. The minimum Gasteiger partial charge on any atom is -0.497 e. The number of aromatic amines is 1. The molecule has 0 aliphatic rings. The summed E-state index contributed by atoms with van der Waals surface area (Å²) in [7, 11) is -3.04. The molecule has 12 heteroatoms. The fourth-order valence-corrected chi connectivity index (χ4v) is 4.75. The molecule has 0 aliphatic heterocycles. The summed E-state index contributed by atoms with van der Waals surface area (Å²) in [5.41, 5.74) is -1.36. The summed E-state index contributed by atoms with van der Waals surface area (Å²) in [6.45, 7) is -1.53. The molecule has 3 aromatic rings. The SMILES string of the molecule is COc1ccc2[nH]c(=O)c(CN(CCO)S(=O)(=O)c3ccc(Cl)c(C(F)(F)F)c3)cc2c1. The molecule has 0 bridgehead atoms. The van der Waals surface area contributed by atoms with E-state index in [1.807, 2.05) is 0 Å². The van der Waals surface area contributed by atoms with Crippen molar-refractivity contribution in [2.24, 2.45) is 0 Å². The van der Waals surface area contributed by atoms with Crippen molar-refractivity contribution >= 4 is 32.5 Å². The first-order valence-corrected chi connectivity index (χ1v) is 11.0. The number of alkyl halides is 3. The number of rotatable bonds is 7. The molecule has 2 N–H and O–H groups in total. The number of fused-ring (bicyclic) bond motifs is 1. The van der Waals surface area contributed by atoms with Crippen molar-refractivity contribution in [1.29, 1.82) is 0 Å². The predicted octanol–water partition coefficient (Wildman–Crippen LogP) is 3.39. The monoisotopic (exact) mass is 490 g/mol. The van der Waals surface area contributed by atoms with Crippen LogP contribution >= 0.6 is 11.6 Å². The smallest absolute Gasteiger partial charge is 0.417 e. The number of aromatic nitrogens is 1. The number of aliphatic hydroxyl groups excluding tert-OH is 1. The van der Waals surface area contributed by atoms with Gasteiger partial charge < -0.3 is 14.8 Å². The van der Waals surface area contributed by atoms with Gasteiger partial charge in [0.15, 0.2) is 0 Å². The van der Waals surface area contributed by atoms with Gasteiger partial charge in [-0.3, -0.25) is 4.79 Å². The average Bonchev–Trinajstić information content (AvgIpc) is 2.72. The number of H-pyrrole nitrogens is 1. The second-order valence-corrected chi connectivity index (χ2v) is 9.12. The summed E-state index contributed by atoms with van der Waals surface area (Å²) in [4.78, 5) is 14.4. The average molecular weight is 491 g/mol. The van der Waals surface area contributed by atoms with Crippen LogP contribution in [0.2, 0.25) is 5.02 Å². The maximum Gasteiger partial charge on any atom is 0.417 e. The zero-order valence-electron chi connectivity index (χ0n) is 16.6. The standard InChI is InChI=1S/C20H18ClF3N2O5S/c1-31-14-2-5-18-12(9-14)8-13(19(28)25-18)11-26(6-7-27)32(29,30)15-3-4-17(21)16(10-15)20(22,23)24/h2-5,8-10,27H,6-7,11H2,1H3,(H,25,28). The molecule has 172 valence electrons. The lowest BCUT2D eigenvalue weighted by Crippen LogP contribution is -2.35. The first-order chi connectivity index (χ1) is 15.0. The third kappa shape index (κ3) is 4.90. The van der Waals surface area contributed by atoms with Crippen LogP contribution in [0.3, 0.4) is 0 Å². The van der Waals surface area contributed by atoms with Crippen molar-refractivity contribution < 1.29 is 31.4 Å². The molecule has 0 unspecified atom stereocenters. The molecule has 7 nitrogen and oxygen atoms in total. The lowest BCUT2D eigenvalue weighted by Gasteiger charge is -2.22. The number of benzene rings is 2. The molecule has 0 fully saturated rings. The number of methoxy groups -OCH3 is 1. The molecule has 0 atom stereocenters. The molecule has 1 heterocycles. The van der Waals surface area contributed by atoms with Crippen LogP contribution in [0, 0.1) is 0 Å². The van der Waals surface area contributed by atoms with E-state index in [4.69, 9.17) is 16.3 Å². The first kappa shape index (κ1) is 24.1. The van der Waals surface area contributed by atoms with Gasteiger partial charge in [-0.1, -0.05) is 11.6 Å². The zero-order chi connectivity index (χ0) is 23.7. The van der Waals surface area contributed by atoms with E-state index in [2.05, 4.69) is 4.98 Å². The van der Waals surface area contributed by atoms with Crippen LogP contribution in [-0.4, -0.2) is 43.1 Å². The zero-order valence-corrected chi connectivity index (χ0v) is 18.2. The highest BCUT2D eigenvalue weighted by Gasteiger charge is 2.35. The molecular weight excluding hydrogens is 473 g/mol. The number of hydrogen-bond donors (Lipinski definition) is 2. The van der Waals surface area contributed by atoms with E-state index < -0.39 is 56.9 Å². The van der Waals surface area contributed by atoms with Crippen LogP contribution < -0.4 is 10.3 Å². The number of halogens is 4. The van der Waals surface area contributed by atoms with Gasteiger partial charge >= 0.3 is 6.18 Å². The molecule has 32 heavy (non-hydrogen) atoms. The van der Waals surface area contributed by atoms with Gasteiger partial charge in [0.25, 0.3) is 5.56 Å². The van der Waals surface area contributed by atoms with Crippen molar-refractivity contribution in [3.05, 3.63) is 69.0 Å².